The number of hydrogen-bond acceptors (Lipinski definition) is 5. The van der Waals surface area contributed by atoms with Crippen LogP contribution in [0.3, 0.4) is 0 Å². The predicted molar refractivity (Wildman–Crippen MR) is 54.9 cm³/mol. The van der Waals surface area contributed by atoms with E-state index in [4.69, 9.17) is 9.47 Å². The minimum absolute atomic E-state index is 0.265. The smallest absolute Gasteiger partial charge is 0.360 e. The van der Waals surface area contributed by atoms with Gasteiger partial charge in [-0.15, -0.1) is 5.10 Å². The molecule has 0 aromatic carbocycles. The summed E-state index contributed by atoms with van der Waals surface area (Å²) in [6.45, 7) is 4.42. The molecule has 1 aliphatic heterocycles. The van der Waals surface area contributed by atoms with Crippen LogP contribution >= 0.6 is 0 Å². The second-order valence-corrected chi connectivity index (χ2v) is 3.78. The maximum atomic E-state index is 11.3. The van der Waals surface area contributed by atoms with Crippen molar-refractivity contribution in [3.63, 3.8) is 0 Å². The number of rotatable bonds is 4. The summed E-state index contributed by atoms with van der Waals surface area (Å²) in [5.74, 6) is 0.0492. The van der Waals surface area contributed by atoms with Crippen LogP contribution in [0.15, 0.2) is 6.20 Å². The van der Waals surface area contributed by atoms with Crippen molar-refractivity contribution in [1.29, 1.82) is 0 Å². The van der Waals surface area contributed by atoms with Crippen molar-refractivity contribution < 1.29 is 14.3 Å². The molecule has 0 saturated carbocycles. The topological polar surface area (TPSA) is 66.2 Å². The molecule has 2 rings (SSSR count). The molecule has 2 heterocycles. The second kappa shape index (κ2) is 5.07. The SMILES string of the molecule is CCOC(=O)c1cn(C[C@H]2CCOC2)nn1. The molecule has 0 amide bonds. The normalized spacial score (nSPS) is 19.9. The molecule has 6 nitrogen and oxygen atoms in total. The highest BCUT2D eigenvalue weighted by atomic mass is 16.5. The van der Waals surface area contributed by atoms with Crippen LogP contribution in [0.5, 0.6) is 0 Å². The van der Waals surface area contributed by atoms with Gasteiger partial charge in [-0.1, -0.05) is 5.21 Å². The first-order chi connectivity index (χ1) is 7.79. The fourth-order valence-corrected chi connectivity index (χ4v) is 1.68. The number of esters is 1. The molecule has 16 heavy (non-hydrogen) atoms. The maximum Gasteiger partial charge on any atom is 0.360 e. The number of hydrogen-bond donors (Lipinski definition) is 0. The van der Waals surface area contributed by atoms with Gasteiger partial charge in [0, 0.05) is 19.1 Å². The molecular weight excluding hydrogens is 210 g/mol. The largest absolute Gasteiger partial charge is 0.461 e. The third kappa shape index (κ3) is 2.57. The molecule has 6 heteroatoms. The van der Waals surface area contributed by atoms with E-state index in [-0.39, 0.29) is 5.69 Å². The van der Waals surface area contributed by atoms with Crippen LogP contribution in [-0.4, -0.2) is 40.8 Å². The van der Waals surface area contributed by atoms with E-state index in [1.165, 1.54) is 0 Å². The molecule has 1 aliphatic rings. The fraction of sp³-hybridized carbons (Fsp3) is 0.700. The molecule has 1 aromatic rings. The van der Waals surface area contributed by atoms with Gasteiger partial charge in [-0.25, -0.2) is 4.79 Å². The number of ether oxygens (including phenoxy) is 2. The van der Waals surface area contributed by atoms with Crippen molar-refractivity contribution in [2.75, 3.05) is 19.8 Å². The molecule has 0 aliphatic carbocycles. The van der Waals surface area contributed by atoms with Crippen LogP contribution in [-0.2, 0) is 16.0 Å². The predicted octanol–water partition coefficient (Wildman–Crippen LogP) is 0.491. The minimum atomic E-state index is -0.420. The average molecular weight is 225 g/mol. The zero-order valence-corrected chi connectivity index (χ0v) is 9.26. The van der Waals surface area contributed by atoms with E-state index >= 15 is 0 Å². The van der Waals surface area contributed by atoms with Gasteiger partial charge in [0.15, 0.2) is 5.69 Å². The summed E-state index contributed by atoms with van der Waals surface area (Å²) >= 11 is 0. The fourth-order valence-electron chi connectivity index (χ4n) is 1.68. The Labute approximate surface area is 93.5 Å². The molecule has 1 aromatic heterocycles. The second-order valence-electron chi connectivity index (χ2n) is 3.78. The van der Waals surface area contributed by atoms with E-state index in [1.54, 1.807) is 17.8 Å². The summed E-state index contributed by atoms with van der Waals surface area (Å²) in [5.41, 5.74) is 0.265. The molecule has 1 fully saturated rings. The van der Waals surface area contributed by atoms with Gasteiger partial charge >= 0.3 is 5.97 Å². The van der Waals surface area contributed by atoms with Crippen LogP contribution < -0.4 is 0 Å². The maximum absolute atomic E-state index is 11.3. The van der Waals surface area contributed by atoms with Crippen molar-refractivity contribution in [1.82, 2.24) is 15.0 Å². The molecule has 0 radical (unpaired) electrons. The summed E-state index contributed by atoms with van der Waals surface area (Å²) < 4.78 is 11.8. The van der Waals surface area contributed by atoms with Crippen LogP contribution in [0.2, 0.25) is 0 Å². The van der Waals surface area contributed by atoms with E-state index in [2.05, 4.69) is 10.3 Å². The first-order valence-corrected chi connectivity index (χ1v) is 5.44. The average Bonchev–Trinajstić information content (AvgIpc) is 2.90. The van der Waals surface area contributed by atoms with Crippen LogP contribution in [0.1, 0.15) is 23.8 Å². The van der Waals surface area contributed by atoms with Gasteiger partial charge in [-0.2, -0.15) is 0 Å². The van der Waals surface area contributed by atoms with E-state index in [9.17, 15) is 4.79 Å². The third-order valence-electron chi connectivity index (χ3n) is 2.49. The molecule has 88 valence electrons. The molecule has 0 bridgehead atoms. The lowest BCUT2D eigenvalue weighted by Crippen LogP contribution is -2.11. The van der Waals surface area contributed by atoms with E-state index in [0.29, 0.717) is 12.5 Å². The highest BCUT2D eigenvalue weighted by Gasteiger charge is 2.18. The Morgan fingerprint density at radius 2 is 2.62 bits per heavy atom. The minimum Gasteiger partial charge on any atom is -0.461 e. The number of aromatic nitrogens is 3. The Balaban J connectivity index is 1.93. The number of carbonyl (C=O) groups is 1. The van der Waals surface area contributed by atoms with Gasteiger partial charge in [0.05, 0.1) is 19.4 Å². The summed E-state index contributed by atoms with van der Waals surface area (Å²) in [6, 6.07) is 0. The Hall–Kier alpha value is -1.43. The van der Waals surface area contributed by atoms with Crippen molar-refractivity contribution in [3.05, 3.63) is 11.9 Å². The number of nitrogens with zero attached hydrogens (tertiary/aromatic N) is 3. The molecule has 0 N–H and O–H groups in total. The highest BCUT2D eigenvalue weighted by molar-refractivity contribution is 5.86. The summed E-state index contributed by atoms with van der Waals surface area (Å²) in [6.07, 6.45) is 2.66. The van der Waals surface area contributed by atoms with Crippen molar-refractivity contribution in [2.45, 2.75) is 19.9 Å². The lowest BCUT2D eigenvalue weighted by molar-refractivity contribution is 0.0519. The summed E-state index contributed by atoms with van der Waals surface area (Å²) in [7, 11) is 0. The Morgan fingerprint density at radius 3 is 3.31 bits per heavy atom. The Bertz CT molecular complexity index is 358. The first-order valence-electron chi connectivity index (χ1n) is 5.44. The lowest BCUT2D eigenvalue weighted by Gasteiger charge is -2.05. The van der Waals surface area contributed by atoms with Gasteiger partial charge in [-0.3, -0.25) is 4.68 Å². The van der Waals surface area contributed by atoms with Crippen LogP contribution in [0.25, 0.3) is 0 Å². The first kappa shape index (κ1) is 11.1. The van der Waals surface area contributed by atoms with E-state index in [0.717, 1.165) is 26.2 Å². The molecule has 1 atom stereocenters. The van der Waals surface area contributed by atoms with Crippen molar-refractivity contribution in [3.8, 4) is 0 Å². The zero-order valence-electron chi connectivity index (χ0n) is 9.26. The van der Waals surface area contributed by atoms with E-state index < -0.39 is 5.97 Å². The summed E-state index contributed by atoms with van der Waals surface area (Å²) in [5, 5.41) is 7.67. The van der Waals surface area contributed by atoms with Gasteiger partial charge in [0.1, 0.15) is 0 Å². The van der Waals surface area contributed by atoms with Gasteiger partial charge in [0.25, 0.3) is 0 Å². The van der Waals surface area contributed by atoms with Crippen LogP contribution in [0, 0.1) is 5.92 Å². The standard InChI is InChI=1S/C10H15N3O3/c1-2-16-10(14)9-6-13(12-11-9)5-8-3-4-15-7-8/h6,8H,2-5,7H2,1H3/t8-/m1/s1. The molecule has 0 unspecified atom stereocenters. The molecular formula is C10H15N3O3. The van der Waals surface area contributed by atoms with Crippen molar-refractivity contribution >= 4 is 5.97 Å². The zero-order chi connectivity index (χ0) is 11.4. The highest BCUT2D eigenvalue weighted by Crippen LogP contribution is 2.14. The van der Waals surface area contributed by atoms with Gasteiger partial charge < -0.3 is 9.47 Å². The van der Waals surface area contributed by atoms with Crippen LogP contribution in [0.4, 0.5) is 0 Å². The molecule has 1 saturated heterocycles. The summed E-state index contributed by atoms with van der Waals surface area (Å²) in [4.78, 5) is 11.3. The van der Waals surface area contributed by atoms with E-state index in [1.807, 2.05) is 0 Å². The Morgan fingerprint density at radius 1 is 1.75 bits per heavy atom. The Kier molecular flexibility index (Phi) is 3.51. The monoisotopic (exact) mass is 225 g/mol. The molecule has 0 spiro atoms. The number of carbonyl (C=O) groups excluding carboxylic acids is 1. The van der Waals surface area contributed by atoms with Gasteiger partial charge in [-0.05, 0) is 13.3 Å². The lowest BCUT2D eigenvalue weighted by atomic mass is 10.1. The quantitative estimate of drug-likeness (QED) is 0.698. The third-order valence-corrected chi connectivity index (χ3v) is 2.49. The van der Waals surface area contributed by atoms with Crippen molar-refractivity contribution in [2.24, 2.45) is 5.92 Å². The van der Waals surface area contributed by atoms with Gasteiger partial charge in [0.2, 0.25) is 0 Å².